The first-order chi connectivity index (χ1) is 15.8. The summed E-state index contributed by atoms with van der Waals surface area (Å²) in [6.07, 6.45) is 4.33. The number of rotatable bonds is 6. The number of hydrogen-bond donors (Lipinski definition) is 2. The van der Waals surface area contributed by atoms with Gasteiger partial charge in [0.1, 0.15) is 0 Å². The second kappa shape index (κ2) is 10.0. The second-order valence-corrected chi connectivity index (χ2v) is 10.6. The molecule has 1 saturated heterocycles. The van der Waals surface area contributed by atoms with E-state index in [1.54, 1.807) is 21.3 Å². The van der Waals surface area contributed by atoms with Gasteiger partial charge in [-0.3, -0.25) is 14.5 Å². The van der Waals surface area contributed by atoms with Crippen LogP contribution in [0.25, 0.3) is 0 Å². The molecule has 2 amide bonds. The van der Waals surface area contributed by atoms with Crippen molar-refractivity contribution < 1.29 is 18.0 Å². The van der Waals surface area contributed by atoms with E-state index >= 15 is 0 Å². The number of primary amides is 1. The lowest BCUT2D eigenvalue weighted by atomic mass is 9.93. The first kappa shape index (κ1) is 23.4. The highest BCUT2D eigenvalue weighted by Crippen LogP contribution is 2.24. The van der Waals surface area contributed by atoms with E-state index in [9.17, 15) is 18.0 Å². The van der Waals surface area contributed by atoms with E-state index in [2.05, 4.69) is 5.32 Å². The van der Waals surface area contributed by atoms with Crippen LogP contribution in [0.1, 0.15) is 36.8 Å². The Morgan fingerprint density at radius 3 is 2.21 bits per heavy atom. The number of nitrogens with two attached hydrogens (primary N) is 1. The number of benzene rings is 2. The molecule has 3 N–H and O–H groups in total. The maximum absolute atomic E-state index is 12.9. The molecular weight excluding hydrogens is 440 g/mol. The van der Waals surface area contributed by atoms with Gasteiger partial charge in [-0.1, -0.05) is 37.1 Å². The van der Waals surface area contributed by atoms with E-state index in [0.29, 0.717) is 31.7 Å². The number of hydrogen-bond acceptors (Lipinski definition) is 5. The molecule has 2 aromatic carbocycles. The summed E-state index contributed by atoms with van der Waals surface area (Å²) in [5.41, 5.74) is 8.24. The predicted octanol–water partition coefficient (Wildman–Crippen LogP) is 2.10. The van der Waals surface area contributed by atoms with Crippen LogP contribution < -0.4 is 11.1 Å². The SMILES string of the molecule is NC(=O)[C@@H]1Cc2ccccc2CN1CC(=O)Nc1ccc(S(=O)(=O)N2CCCCCC2)cc1. The summed E-state index contributed by atoms with van der Waals surface area (Å²) in [5.74, 6) is -0.746. The van der Waals surface area contributed by atoms with Crippen molar-refractivity contribution in [3.05, 3.63) is 59.7 Å². The molecule has 0 spiro atoms. The molecule has 2 aromatic rings. The zero-order chi connectivity index (χ0) is 23.4. The van der Waals surface area contributed by atoms with Gasteiger partial charge in [-0.2, -0.15) is 4.31 Å². The minimum atomic E-state index is -3.54. The maximum atomic E-state index is 12.9. The minimum Gasteiger partial charge on any atom is -0.368 e. The van der Waals surface area contributed by atoms with Crippen molar-refractivity contribution in [2.75, 3.05) is 25.0 Å². The average Bonchev–Trinajstić information content (AvgIpc) is 3.09. The smallest absolute Gasteiger partial charge is 0.243 e. The number of nitrogens with one attached hydrogen (secondary N) is 1. The monoisotopic (exact) mass is 470 g/mol. The van der Waals surface area contributed by atoms with Gasteiger partial charge in [-0.05, 0) is 54.7 Å². The van der Waals surface area contributed by atoms with Crippen LogP contribution in [0.15, 0.2) is 53.4 Å². The molecule has 176 valence electrons. The van der Waals surface area contributed by atoms with Gasteiger partial charge in [-0.15, -0.1) is 0 Å². The molecule has 33 heavy (non-hydrogen) atoms. The van der Waals surface area contributed by atoms with Crippen molar-refractivity contribution in [2.45, 2.75) is 49.6 Å². The lowest BCUT2D eigenvalue weighted by Crippen LogP contribution is -2.50. The fourth-order valence-corrected chi connectivity index (χ4v) is 6.07. The van der Waals surface area contributed by atoms with Crippen LogP contribution in [0.3, 0.4) is 0 Å². The van der Waals surface area contributed by atoms with Gasteiger partial charge >= 0.3 is 0 Å². The molecule has 0 unspecified atom stereocenters. The Kier molecular flexibility index (Phi) is 7.11. The summed E-state index contributed by atoms with van der Waals surface area (Å²) in [4.78, 5) is 26.7. The molecule has 0 aliphatic carbocycles. The van der Waals surface area contributed by atoms with Crippen molar-refractivity contribution in [1.82, 2.24) is 9.21 Å². The molecule has 9 heteroatoms. The van der Waals surface area contributed by atoms with Crippen molar-refractivity contribution in [1.29, 1.82) is 0 Å². The predicted molar refractivity (Wildman–Crippen MR) is 126 cm³/mol. The summed E-state index contributed by atoms with van der Waals surface area (Å²) in [5, 5.41) is 2.80. The number of fused-ring (bicyclic) bond motifs is 1. The third-order valence-electron chi connectivity index (χ3n) is 6.36. The molecule has 2 aliphatic heterocycles. The summed E-state index contributed by atoms with van der Waals surface area (Å²) in [6.45, 7) is 1.56. The summed E-state index contributed by atoms with van der Waals surface area (Å²) < 4.78 is 27.4. The van der Waals surface area contributed by atoms with E-state index in [4.69, 9.17) is 5.73 Å². The fraction of sp³-hybridized carbons (Fsp3) is 0.417. The standard InChI is InChI=1S/C24H30N4O4S/c25-24(30)22-15-18-7-3-4-8-19(18)16-27(22)17-23(29)26-20-9-11-21(12-10-20)33(31,32)28-13-5-1-2-6-14-28/h3-4,7-12,22H,1-2,5-6,13-17H2,(H2,25,30)(H,26,29)/t22-/m0/s1. The number of amides is 2. The van der Waals surface area contributed by atoms with Gasteiger partial charge in [-0.25, -0.2) is 8.42 Å². The summed E-state index contributed by atoms with van der Waals surface area (Å²) in [6, 6.07) is 13.5. The zero-order valence-electron chi connectivity index (χ0n) is 18.6. The largest absolute Gasteiger partial charge is 0.368 e. The van der Waals surface area contributed by atoms with Crippen LogP contribution in [-0.2, 0) is 32.6 Å². The number of nitrogens with zero attached hydrogens (tertiary/aromatic N) is 2. The van der Waals surface area contributed by atoms with Crippen molar-refractivity contribution in [2.24, 2.45) is 5.73 Å². The van der Waals surface area contributed by atoms with E-state index in [-0.39, 0.29) is 17.3 Å². The number of anilines is 1. The highest BCUT2D eigenvalue weighted by molar-refractivity contribution is 7.89. The molecular formula is C24H30N4O4S. The summed E-state index contributed by atoms with van der Waals surface area (Å²) >= 11 is 0. The second-order valence-electron chi connectivity index (χ2n) is 8.69. The van der Waals surface area contributed by atoms with Gasteiger partial charge in [0.2, 0.25) is 21.8 Å². The molecule has 0 bridgehead atoms. The molecule has 1 atom stereocenters. The minimum absolute atomic E-state index is 0.00969. The van der Waals surface area contributed by atoms with Crippen LogP contribution >= 0.6 is 0 Å². The molecule has 8 nitrogen and oxygen atoms in total. The first-order valence-corrected chi connectivity index (χ1v) is 12.8. The Morgan fingerprint density at radius 1 is 0.939 bits per heavy atom. The Balaban J connectivity index is 1.41. The topological polar surface area (TPSA) is 113 Å². The number of carbonyl (C=O) groups excluding carboxylic acids is 2. The van der Waals surface area contributed by atoms with Crippen molar-refractivity contribution in [3.8, 4) is 0 Å². The van der Waals surface area contributed by atoms with E-state index in [0.717, 1.165) is 36.8 Å². The van der Waals surface area contributed by atoms with Crippen LogP contribution in [0.4, 0.5) is 5.69 Å². The van der Waals surface area contributed by atoms with Crippen molar-refractivity contribution in [3.63, 3.8) is 0 Å². The lowest BCUT2D eigenvalue weighted by molar-refractivity contribution is -0.125. The summed E-state index contributed by atoms with van der Waals surface area (Å²) in [7, 11) is -3.54. The number of carbonyl (C=O) groups is 2. The normalized spacial score (nSPS) is 19.9. The molecule has 4 rings (SSSR count). The Morgan fingerprint density at radius 2 is 1.58 bits per heavy atom. The third-order valence-corrected chi connectivity index (χ3v) is 8.27. The van der Waals surface area contributed by atoms with E-state index in [1.807, 2.05) is 24.3 Å². The Hall–Kier alpha value is -2.75. The zero-order valence-corrected chi connectivity index (χ0v) is 19.4. The highest BCUT2D eigenvalue weighted by atomic mass is 32.2. The molecule has 0 aromatic heterocycles. The fourth-order valence-electron chi connectivity index (χ4n) is 4.55. The first-order valence-electron chi connectivity index (χ1n) is 11.3. The molecule has 0 radical (unpaired) electrons. The van der Waals surface area contributed by atoms with Gasteiger partial charge < -0.3 is 11.1 Å². The van der Waals surface area contributed by atoms with E-state index < -0.39 is 22.0 Å². The lowest BCUT2D eigenvalue weighted by Gasteiger charge is -2.34. The van der Waals surface area contributed by atoms with Gasteiger partial charge in [0, 0.05) is 25.3 Å². The van der Waals surface area contributed by atoms with E-state index in [1.165, 1.54) is 12.1 Å². The Bertz CT molecular complexity index is 1110. The molecule has 0 saturated carbocycles. The van der Waals surface area contributed by atoms with Crippen LogP contribution in [-0.4, -0.2) is 55.1 Å². The van der Waals surface area contributed by atoms with Gasteiger partial charge in [0.25, 0.3) is 0 Å². The van der Waals surface area contributed by atoms with Gasteiger partial charge in [0.05, 0.1) is 17.5 Å². The third kappa shape index (κ3) is 5.43. The van der Waals surface area contributed by atoms with Crippen LogP contribution in [0.5, 0.6) is 0 Å². The quantitative estimate of drug-likeness (QED) is 0.671. The average molecular weight is 471 g/mol. The molecule has 2 aliphatic rings. The van der Waals surface area contributed by atoms with Gasteiger partial charge in [0.15, 0.2) is 0 Å². The number of sulfonamides is 1. The molecule has 1 fully saturated rings. The Labute approximate surface area is 194 Å². The van der Waals surface area contributed by atoms with Crippen LogP contribution in [0.2, 0.25) is 0 Å². The highest BCUT2D eigenvalue weighted by Gasteiger charge is 2.31. The molecule has 2 heterocycles. The maximum Gasteiger partial charge on any atom is 0.243 e. The van der Waals surface area contributed by atoms with Crippen molar-refractivity contribution >= 4 is 27.5 Å². The van der Waals surface area contributed by atoms with Crippen LogP contribution in [0, 0.1) is 0 Å².